The SMILES string of the molecule is Brc1ccc2ccc3ccc4ccccc4c3c2c1. The van der Waals surface area contributed by atoms with Crippen molar-refractivity contribution in [2.75, 3.05) is 0 Å². The Kier molecular flexibility index (Phi) is 2.36. The first-order valence-electron chi connectivity index (χ1n) is 6.33. The van der Waals surface area contributed by atoms with Crippen LogP contribution in [0.3, 0.4) is 0 Å². The van der Waals surface area contributed by atoms with Crippen LogP contribution in [0.15, 0.2) is 71.2 Å². The van der Waals surface area contributed by atoms with E-state index in [4.69, 9.17) is 0 Å². The molecule has 0 amide bonds. The fourth-order valence-electron chi connectivity index (χ4n) is 2.80. The fraction of sp³-hybridized carbons (Fsp3) is 0. The van der Waals surface area contributed by atoms with E-state index in [0.717, 1.165) is 4.47 Å². The molecular weight excluding hydrogens is 296 g/mol. The van der Waals surface area contributed by atoms with Gasteiger partial charge in [0.05, 0.1) is 0 Å². The monoisotopic (exact) mass is 306 g/mol. The normalized spacial score (nSPS) is 11.4. The van der Waals surface area contributed by atoms with Crippen LogP contribution in [0, 0.1) is 0 Å². The topological polar surface area (TPSA) is 0 Å². The Labute approximate surface area is 119 Å². The van der Waals surface area contributed by atoms with Crippen LogP contribution in [0.4, 0.5) is 0 Å². The van der Waals surface area contributed by atoms with E-state index in [2.05, 4.69) is 82.7 Å². The molecule has 0 aliphatic carbocycles. The summed E-state index contributed by atoms with van der Waals surface area (Å²) >= 11 is 3.58. The molecule has 90 valence electrons. The van der Waals surface area contributed by atoms with Gasteiger partial charge >= 0.3 is 0 Å². The Balaban J connectivity index is 2.36. The molecule has 0 N–H and O–H groups in total. The number of halogens is 1. The van der Waals surface area contributed by atoms with Crippen LogP contribution < -0.4 is 0 Å². The highest BCUT2D eigenvalue weighted by Crippen LogP contribution is 2.33. The molecule has 0 unspecified atom stereocenters. The summed E-state index contributed by atoms with van der Waals surface area (Å²) in [5.41, 5.74) is 0. The van der Waals surface area contributed by atoms with E-state index >= 15 is 0 Å². The van der Waals surface area contributed by atoms with Gasteiger partial charge in [-0.25, -0.2) is 0 Å². The second-order valence-electron chi connectivity index (χ2n) is 4.82. The lowest BCUT2D eigenvalue weighted by molar-refractivity contribution is 1.73. The quantitative estimate of drug-likeness (QED) is 0.354. The number of benzene rings is 4. The Morgan fingerprint density at radius 1 is 0.579 bits per heavy atom. The summed E-state index contributed by atoms with van der Waals surface area (Å²) < 4.78 is 1.13. The van der Waals surface area contributed by atoms with Crippen molar-refractivity contribution < 1.29 is 0 Å². The van der Waals surface area contributed by atoms with Gasteiger partial charge in [-0.15, -0.1) is 0 Å². The molecule has 0 aliphatic rings. The van der Waals surface area contributed by atoms with Crippen molar-refractivity contribution >= 4 is 48.2 Å². The van der Waals surface area contributed by atoms with Gasteiger partial charge in [-0.3, -0.25) is 0 Å². The van der Waals surface area contributed by atoms with E-state index in [1.807, 2.05) is 0 Å². The third-order valence-corrected chi connectivity index (χ3v) is 4.18. The predicted octanol–water partition coefficient (Wildman–Crippen LogP) is 5.91. The van der Waals surface area contributed by atoms with Crippen molar-refractivity contribution in [3.05, 3.63) is 71.2 Å². The van der Waals surface area contributed by atoms with Gasteiger partial charge in [-0.1, -0.05) is 70.5 Å². The maximum atomic E-state index is 3.58. The predicted molar refractivity (Wildman–Crippen MR) is 86.7 cm³/mol. The molecule has 4 aromatic rings. The molecule has 0 bridgehead atoms. The average Bonchev–Trinajstić information content (AvgIpc) is 2.46. The highest BCUT2D eigenvalue weighted by Gasteiger charge is 2.05. The van der Waals surface area contributed by atoms with Crippen molar-refractivity contribution in [1.82, 2.24) is 0 Å². The lowest BCUT2D eigenvalue weighted by Gasteiger charge is -2.08. The minimum atomic E-state index is 1.13. The van der Waals surface area contributed by atoms with Crippen LogP contribution in [0.2, 0.25) is 0 Å². The third-order valence-electron chi connectivity index (χ3n) is 3.69. The van der Waals surface area contributed by atoms with E-state index in [1.54, 1.807) is 0 Å². The standard InChI is InChI=1S/C18H11Br/c19-15-10-9-13-6-8-14-7-5-12-3-1-2-4-16(12)18(14)17(13)11-15/h1-11H. The van der Waals surface area contributed by atoms with E-state index in [-0.39, 0.29) is 0 Å². The zero-order valence-corrected chi connectivity index (χ0v) is 11.8. The van der Waals surface area contributed by atoms with Gasteiger partial charge < -0.3 is 0 Å². The molecule has 0 aliphatic heterocycles. The smallest absolute Gasteiger partial charge is 0.0181 e. The molecule has 0 fully saturated rings. The summed E-state index contributed by atoms with van der Waals surface area (Å²) in [6.45, 7) is 0. The zero-order valence-electron chi connectivity index (χ0n) is 10.2. The van der Waals surface area contributed by atoms with Crippen LogP contribution in [0.25, 0.3) is 32.3 Å². The number of hydrogen-bond acceptors (Lipinski definition) is 0. The van der Waals surface area contributed by atoms with Gasteiger partial charge in [0.25, 0.3) is 0 Å². The molecule has 0 spiro atoms. The first-order chi connectivity index (χ1) is 9.33. The van der Waals surface area contributed by atoms with Crippen LogP contribution >= 0.6 is 15.9 Å². The van der Waals surface area contributed by atoms with E-state index in [9.17, 15) is 0 Å². The summed E-state index contributed by atoms with van der Waals surface area (Å²) in [6, 6.07) is 23.9. The van der Waals surface area contributed by atoms with Crippen LogP contribution in [0.5, 0.6) is 0 Å². The fourth-order valence-corrected chi connectivity index (χ4v) is 3.16. The van der Waals surface area contributed by atoms with Gasteiger partial charge in [0.2, 0.25) is 0 Å². The summed E-state index contributed by atoms with van der Waals surface area (Å²) in [7, 11) is 0. The maximum Gasteiger partial charge on any atom is 0.0181 e. The van der Waals surface area contributed by atoms with Crippen LogP contribution in [-0.2, 0) is 0 Å². The number of rotatable bonds is 0. The van der Waals surface area contributed by atoms with Crippen molar-refractivity contribution in [2.45, 2.75) is 0 Å². The highest BCUT2D eigenvalue weighted by molar-refractivity contribution is 9.10. The second-order valence-corrected chi connectivity index (χ2v) is 5.73. The molecule has 0 atom stereocenters. The Hall–Kier alpha value is -1.86. The zero-order chi connectivity index (χ0) is 12.8. The lowest BCUT2D eigenvalue weighted by atomic mass is 9.97. The molecule has 4 aromatic carbocycles. The molecule has 0 saturated heterocycles. The summed E-state index contributed by atoms with van der Waals surface area (Å²) in [5, 5.41) is 7.85. The second kappa shape index (κ2) is 4.07. The minimum Gasteiger partial charge on any atom is -0.0616 e. The van der Waals surface area contributed by atoms with Crippen molar-refractivity contribution in [3.8, 4) is 0 Å². The van der Waals surface area contributed by atoms with Crippen molar-refractivity contribution in [1.29, 1.82) is 0 Å². The molecule has 0 aromatic heterocycles. The first-order valence-corrected chi connectivity index (χ1v) is 7.12. The Morgan fingerprint density at radius 2 is 1.21 bits per heavy atom. The molecule has 4 rings (SSSR count). The largest absolute Gasteiger partial charge is 0.0616 e. The summed E-state index contributed by atoms with van der Waals surface area (Å²) in [4.78, 5) is 0. The van der Waals surface area contributed by atoms with Crippen LogP contribution in [-0.4, -0.2) is 0 Å². The molecule has 0 heterocycles. The van der Waals surface area contributed by atoms with Crippen LogP contribution in [0.1, 0.15) is 0 Å². The molecule has 0 saturated carbocycles. The number of hydrogen-bond donors (Lipinski definition) is 0. The molecule has 1 heteroatoms. The van der Waals surface area contributed by atoms with Gasteiger partial charge in [0, 0.05) is 4.47 Å². The lowest BCUT2D eigenvalue weighted by Crippen LogP contribution is -1.81. The Bertz CT molecular complexity index is 917. The molecular formula is C18H11Br. The third kappa shape index (κ3) is 1.66. The van der Waals surface area contributed by atoms with Gasteiger partial charge in [-0.2, -0.15) is 0 Å². The molecule has 0 radical (unpaired) electrons. The van der Waals surface area contributed by atoms with E-state index < -0.39 is 0 Å². The maximum absolute atomic E-state index is 3.58. The number of fused-ring (bicyclic) bond motifs is 5. The van der Waals surface area contributed by atoms with Gasteiger partial charge in [0.15, 0.2) is 0 Å². The van der Waals surface area contributed by atoms with E-state index in [1.165, 1.54) is 32.3 Å². The highest BCUT2D eigenvalue weighted by atomic mass is 79.9. The molecule has 0 nitrogen and oxygen atoms in total. The Morgan fingerprint density at radius 3 is 2.05 bits per heavy atom. The molecule has 19 heavy (non-hydrogen) atoms. The van der Waals surface area contributed by atoms with Gasteiger partial charge in [-0.05, 0) is 44.5 Å². The van der Waals surface area contributed by atoms with Crippen molar-refractivity contribution in [3.63, 3.8) is 0 Å². The van der Waals surface area contributed by atoms with E-state index in [0.29, 0.717) is 0 Å². The van der Waals surface area contributed by atoms with Crippen molar-refractivity contribution in [2.24, 2.45) is 0 Å². The minimum absolute atomic E-state index is 1.13. The summed E-state index contributed by atoms with van der Waals surface area (Å²) in [6.07, 6.45) is 0. The average molecular weight is 307 g/mol. The summed E-state index contributed by atoms with van der Waals surface area (Å²) in [5.74, 6) is 0. The van der Waals surface area contributed by atoms with Gasteiger partial charge in [0.1, 0.15) is 0 Å². The first kappa shape index (κ1) is 11.0.